The summed E-state index contributed by atoms with van der Waals surface area (Å²) >= 11 is 12.5. The van der Waals surface area contributed by atoms with E-state index in [-0.39, 0.29) is 16.9 Å². The molecule has 0 aromatic heterocycles. The van der Waals surface area contributed by atoms with Gasteiger partial charge in [-0.15, -0.1) is 0 Å². The van der Waals surface area contributed by atoms with E-state index in [0.29, 0.717) is 40.5 Å². The van der Waals surface area contributed by atoms with Crippen LogP contribution in [0.2, 0.25) is 10.0 Å². The zero-order valence-corrected chi connectivity index (χ0v) is 28.6. The zero-order valence-electron chi connectivity index (χ0n) is 26.2. The number of ketones is 1. The van der Waals surface area contributed by atoms with Crippen LogP contribution in [0.15, 0.2) is 108 Å². The summed E-state index contributed by atoms with van der Waals surface area (Å²) in [7, 11) is -3.20. The second-order valence-electron chi connectivity index (χ2n) is 14.2. The van der Waals surface area contributed by atoms with Crippen LogP contribution in [0.4, 0.5) is 0 Å². The summed E-state index contributed by atoms with van der Waals surface area (Å²) in [6, 6.07) is 23.3. The second kappa shape index (κ2) is 11.2. The van der Waals surface area contributed by atoms with Crippen molar-refractivity contribution in [3.05, 3.63) is 123 Å². The average Bonchev–Trinajstić information content (AvgIpc) is 3.59. The molecule has 0 unspecified atom stereocenters. The number of benzene rings is 3. The van der Waals surface area contributed by atoms with Gasteiger partial charge in [0.1, 0.15) is 5.78 Å². The Morgan fingerprint density at radius 1 is 0.870 bits per heavy atom. The molecule has 8 rings (SSSR count). The summed E-state index contributed by atoms with van der Waals surface area (Å²) in [6.45, 7) is 7.81. The van der Waals surface area contributed by atoms with Crippen LogP contribution < -0.4 is 15.9 Å². The normalized spacial score (nSPS) is 30.7. The highest BCUT2D eigenvalue weighted by atomic mass is 35.5. The smallest absolute Gasteiger partial charge is 0.171 e. The fourth-order valence-electron chi connectivity index (χ4n) is 10.0. The third-order valence-electron chi connectivity index (χ3n) is 12.2. The maximum absolute atomic E-state index is 15.2. The summed E-state index contributed by atoms with van der Waals surface area (Å²) in [5, 5.41) is 3.48. The van der Waals surface area contributed by atoms with Gasteiger partial charge in [-0.3, -0.25) is 4.79 Å². The van der Waals surface area contributed by atoms with Crippen molar-refractivity contribution in [2.75, 3.05) is 6.61 Å². The van der Waals surface area contributed by atoms with E-state index in [1.165, 1.54) is 22.3 Å². The number of hydrogen-bond donors (Lipinski definition) is 0. The minimum Gasteiger partial charge on any atom is -0.370 e. The molecule has 0 amide bonds. The first kappa shape index (κ1) is 30.6. The molecule has 0 bridgehead atoms. The van der Waals surface area contributed by atoms with Crippen LogP contribution in [0.3, 0.4) is 0 Å². The number of allylic oxidation sites excluding steroid dienone is 4. The highest BCUT2D eigenvalue weighted by Gasteiger charge is 2.65. The number of halogens is 2. The molecule has 4 fully saturated rings. The summed E-state index contributed by atoms with van der Waals surface area (Å²) in [5.41, 5.74) is 6.47. The molecule has 3 aromatic carbocycles. The number of rotatable bonds is 4. The van der Waals surface area contributed by atoms with Crippen LogP contribution in [-0.4, -0.2) is 18.0 Å². The van der Waals surface area contributed by atoms with Crippen molar-refractivity contribution in [2.24, 2.45) is 17.3 Å². The highest BCUT2D eigenvalue weighted by Crippen LogP contribution is 2.69. The monoisotopic (exact) mass is 668 g/mol. The minimum atomic E-state index is -3.20. The van der Waals surface area contributed by atoms with E-state index in [9.17, 15) is 4.79 Å². The molecule has 46 heavy (non-hydrogen) atoms. The molecule has 236 valence electrons. The number of carbonyl (C=O) groups is 1. The lowest BCUT2D eigenvalue weighted by Gasteiger charge is -2.55. The van der Waals surface area contributed by atoms with Crippen molar-refractivity contribution in [1.29, 1.82) is 0 Å². The Balaban J connectivity index is 1.25. The van der Waals surface area contributed by atoms with Crippen LogP contribution in [0.25, 0.3) is 0 Å². The number of Topliss-reactive ketones (excluding diaryl/α,β-unsaturated/α-hetero) is 1. The number of carbonyl (C=O) groups excluding carboxylic acids is 1. The third-order valence-corrected chi connectivity index (χ3v) is 15.8. The van der Waals surface area contributed by atoms with Gasteiger partial charge in [-0.05, 0) is 121 Å². The predicted molar refractivity (Wildman–Crippen MR) is 189 cm³/mol. The molecule has 1 heterocycles. The standard InChI is InChI=1S/C40H39Cl2O3P/c1-25-20-22-45-40(25)21-19-37-35-17-5-27-23-30(43)10-18-34(27)38(35)36(24-39(37,40)2)26-3-11-31(12-4-26)46(44,32-13-6-28(41)7-14-32)33-15-8-29(42)9-16-33/h3-9,11-16,35-37H,1,10,17-24H2,2H3/t35-,36+,37-,39-,40+/m0/s1. The van der Waals surface area contributed by atoms with Gasteiger partial charge < -0.3 is 9.30 Å². The van der Waals surface area contributed by atoms with Crippen molar-refractivity contribution in [1.82, 2.24) is 0 Å². The lowest BCUT2D eigenvalue weighted by molar-refractivity contribution is -0.118. The van der Waals surface area contributed by atoms with Gasteiger partial charge in [0.15, 0.2) is 7.14 Å². The Morgan fingerprint density at radius 3 is 2.07 bits per heavy atom. The molecule has 4 aliphatic carbocycles. The fraction of sp³-hybridized carbons (Fsp3) is 0.375. The second-order valence-corrected chi connectivity index (χ2v) is 17.9. The van der Waals surface area contributed by atoms with E-state index in [1.54, 1.807) is 29.8 Å². The van der Waals surface area contributed by atoms with Crippen molar-refractivity contribution in [3.8, 4) is 0 Å². The van der Waals surface area contributed by atoms with Crippen molar-refractivity contribution in [3.63, 3.8) is 0 Å². The first-order valence-electron chi connectivity index (χ1n) is 16.6. The topological polar surface area (TPSA) is 43.4 Å². The van der Waals surface area contributed by atoms with Gasteiger partial charge in [-0.2, -0.15) is 0 Å². The molecule has 3 saturated carbocycles. The summed E-state index contributed by atoms with van der Waals surface area (Å²) in [4.78, 5) is 12.5. The van der Waals surface area contributed by atoms with E-state index in [0.717, 1.165) is 61.0 Å². The van der Waals surface area contributed by atoms with Crippen LogP contribution >= 0.6 is 30.3 Å². The largest absolute Gasteiger partial charge is 0.370 e. The van der Waals surface area contributed by atoms with Crippen LogP contribution in [0.5, 0.6) is 0 Å². The van der Waals surface area contributed by atoms with Gasteiger partial charge in [-0.1, -0.05) is 72.6 Å². The molecule has 1 aliphatic heterocycles. The maximum atomic E-state index is 15.2. The molecule has 6 heteroatoms. The lowest BCUT2D eigenvalue weighted by atomic mass is 9.51. The molecule has 3 aromatic rings. The molecule has 1 spiro atoms. The molecule has 0 N–H and O–H groups in total. The molecule has 5 aliphatic rings. The first-order chi connectivity index (χ1) is 22.1. The summed E-state index contributed by atoms with van der Waals surface area (Å²) < 4.78 is 21.9. The van der Waals surface area contributed by atoms with E-state index >= 15 is 4.57 Å². The van der Waals surface area contributed by atoms with Gasteiger partial charge in [0.05, 0.1) is 12.2 Å². The van der Waals surface area contributed by atoms with Crippen molar-refractivity contribution < 1.29 is 14.1 Å². The van der Waals surface area contributed by atoms with Crippen LogP contribution in [0, 0.1) is 17.3 Å². The Bertz CT molecular complexity index is 1810. The minimum absolute atomic E-state index is 0.0314. The van der Waals surface area contributed by atoms with E-state index in [1.807, 2.05) is 24.3 Å². The molecule has 5 atom stereocenters. The van der Waals surface area contributed by atoms with Gasteiger partial charge in [0.25, 0.3) is 0 Å². The van der Waals surface area contributed by atoms with E-state index in [2.05, 4.69) is 43.8 Å². The Labute approximate surface area is 282 Å². The SMILES string of the molecule is C=C1CCO[C@]12CC[C@H]1[C@@H]3CC=C4CC(=O)CCC4=C3[C@@H](c3ccc(P(=O)(c4ccc(Cl)cc4)c4ccc(Cl)cc4)cc3)C[C@@]12C. The average molecular weight is 670 g/mol. The molecule has 0 radical (unpaired) electrons. The number of fused-ring (bicyclic) bond motifs is 5. The molecular weight excluding hydrogens is 630 g/mol. The van der Waals surface area contributed by atoms with Gasteiger partial charge >= 0.3 is 0 Å². The van der Waals surface area contributed by atoms with Gasteiger partial charge in [0.2, 0.25) is 0 Å². The third kappa shape index (κ3) is 4.49. The fourth-order valence-corrected chi connectivity index (χ4v) is 12.9. The quantitative estimate of drug-likeness (QED) is 0.206. The van der Waals surface area contributed by atoms with Crippen molar-refractivity contribution >= 4 is 52.0 Å². The van der Waals surface area contributed by atoms with Gasteiger partial charge in [0, 0.05) is 50.1 Å². The van der Waals surface area contributed by atoms with Crippen LogP contribution in [-0.2, 0) is 14.1 Å². The summed E-state index contributed by atoms with van der Waals surface area (Å²) in [6.07, 6.45) is 9.52. The number of hydrogen-bond acceptors (Lipinski definition) is 3. The molecule has 1 saturated heterocycles. The Hall–Kier alpha value is -2.68. The highest BCUT2D eigenvalue weighted by molar-refractivity contribution is 7.85. The molecular formula is C40H39Cl2O3P. The Morgan fingerprint density at radius 2 is 1.48 bits per heavy atom. The first-order valence-corrected chi connectivity index (χ1v) is 19.1. The summed E-state index contributed by atoms with van der Waals surface area (Å²) in [5.74, 6) is 1.50. The van der Waals surface area contributed by atoms with Crippen LogP contribution in [0.1, 0.15) is 69.8 Å². The number of ether oxygens (including phenoxy) is 1. The predicted octanol–water partition coefficient (Wildman–Crippen LogP) is 9.25. The van der Waals surface area contributed by atoms with E-state index < -0.39 is 7.14 Å². The van der Waals surface area contributed by atoms with Gasteiger partial charge in [-0.25, -0.2) is 0 Å². The molecule has 3 nitrogen and oxygen atoms in total. The zero-order chi connectivity index (χ0) is 31.8. The Kier molecular flexibility index (Phi) is 7.46. The lowest BCUT2D eigenvalue weighted by Crippen LogP contribution is -2.51. The van der Waals surface area contributed by atoms with Crippen molar-refractivity contribution in [2.45, 2.75) is 69.8 Å². The van der Waals surface area contributed by atoms with E-state index in [4.69, 9.17) is 27.9 Å². The maximum Gasteiger partial charge on any atom is 0.171 e.